The predicted molar refractivity (Wildman–Crippen MR) is 103 cm³/mol. The van der Waals surface area contributed by atoms with Gasteiger partial charge in [0.2, 0.25) is 0 Å². The fourth-order valence-corrected chi connectivity index (χ4v) is 4.01. The monoisotopic (exact) mass is 385 g/mol. The first-order chi connectivity index (χ1) is 13.2. The van der Waals surface area contributed by atoms with Crippen molar-refractivity contribution in [2.45, 2.75) is 6.04 Å². The molecular weight excluding hydrogens is 366 g/mol. The van der Waals surface area contributed by atoms with Crippen molar-refractivity contribution >= 4 is 30.2 Å². The standard InChI is InChI=1S/C20H19NO5S/c22-10-14-4-1-2-5-16(14)20(25)21-8-9-27-13-15(21)12-26-19-7-3-6-18(24)17(19)11-23/h1-7,10-11,15,24H,8-9,12-13H2. The van der Waals surface area contributed by atoms with Gasteiger partial charge in [-0.1, -0.05) is 24.3 Å². The molecule has 6 nitrogen and oxygen atoms in total. The normalized spacial score (nSPS) is 16.6. The molecule has 0 aliphatic carbocycles. The number of phenols is 1. The van der Waals surface area contributed by atoms with E-state index in [1.807, 2.05) is 0 Å². The van der Waals surface area contributed by atoms with Gasteiger partial charge in [0.1, 0.15) is 18.1 Å². The Balaban J connectivity index is 1.78. The molecule has 7 heteroatoms. The second-order valence-electron chi connectivity index (χ2n) is 6.05. The number of rotatable bonds is 6. The summed E-state index contributed by atoms with van der Waals surface area (Å²) >= 11 is 1.72. The molecule has 27 heavy (non-hydrogen) atoms. The molecule has 1 aliphatic rings. The average Bonchev–Trinajstić information content (AvgIpc) is 2.72. The highest BCUT2D eigenvalue weighted by Gasteiger charge is 2.29. The lowest BCUT2D eigenvalue weighted by Crippen LogP contribution is -2.49. The van der Waals surface area contributed by atoms with Gasteiger partial charge >= 0.3 is 0 Å². The molecule has 0 spiro atoms. The summed E-state index contributed by atoms with van der Waals surface area (Å²) in [5.41, 5.74) is 0.817. The summed E-state index contributed by atoms with van der Waals surface area (Å²) in [6.45, 7) is 0.734. The van der Waals surface area contributed by atoms with Crippen LogP contribution in [0, 0.1) is 0 Å². The zero-order valence-corrected chi connectivity index (χ0v) is 15.4. The lowest BCUT2D eigenvalue weighted by atomic mass is 10.1. The number of aldehydes is 2. The molecule has 3 rings (SSSR count). The first-order valence-electron chi connectivity index (χ1n) is 8.48. The molecule has 2 aromatic rings. The van der Waals surface area contributed by atoms with Crippen molar-refractivity contribution in [2.75, 3.05) is 24.7 Å². The van der Waals surface area contributed by atoms with E-state index in [1.54, 1.807) is 53.1 Å². The van der Waals surface area contributed by atoms with E-state index in [1.165, 1.54) is 6.07 Å². The molecule has 1 aliphatic heterocycles. The SMILES string of the molecule is O=Cc1ccccc1C(=O)N1CCSCC1COc1cccc(O)c1C=O. The van der Waals surface area contributed by atoms with Gasteiger partial charge in [0.15, 0.2) is 12.6 Å². The van der Waals surface area contributed by atoms with Gasteiger partial charge in [0.25, 0.3) is 5.91 Å². The number of amides is 1. The van der Waals surface area contributed by atoms with Crippen LogP contribution in [0.4, 0.5) is 0 Å². The zero-order chi connectivity index (χ0) is 19.2. The van der Waals surface area contributed by atoms with E-state index >= 15 is 0 Å². The Morgan fingerprint density at radius 1 is 1.19 bits per heavy atom. The zero-order valence-electron chi connectivity index (χ0n) is 14.5. The van der Waals surface area contributed by atoms with Gasteiger partial charge in [-0.2, -0.15) is 11.8 Å². The quantitative estimate of drug-likeness (QED) is 0.770. The van der Waals surface area contributed by atoms with Gasteiger partial charge in [0, 0.05) is 23.6 Å². The van der Waals surface area contributed by atoms with Crippen LogP contribution in [0.25, 0.3) is 0 Å². The number of benzene rings is 2. The molecule has 0 radical (unpaired) electrons. The third-order valence-corrected chi connectivity index (χ3v) is 5.49. The van der Waals surface area contributed by atoms with E-state index < -0.39 is 0 Å². The topological polar surface area (TPSA) is 83.9 Å². The lowest BCUT2D eigenvalue weighted by molar-refractivity contribution is 0.0644. The van der Waals surface area contributed by atoms with Gasteiger partial charge in [-0.3, -0.25) is 14.4 Å². The molecule has 2 aromatic carbocycles. The molecule has 0 aromatic heterocycles. The van der Waals surface area contributed by atoms with Crippen molar-refractivity contribution in [1.82, 2.24) is 4.90 Å². The van der Waals surface area contributed by atoms with Crippen molar-refractivity contribution in [2.24, 2.45) is 0 Å². The van der Waals surface area contributed by atoms with Crippen LogP contribution in [0.2, 0.25) is 0 Å². The van der Waals surface area contributed by atoms with Gasteiger partial charge in [-0.05, 0) is 18.2 Å². The van der Waals surface area contributed by atoms with Crippen molar-refractivity contribution in [3.05, 3.63) is 59.2 Å². The molecule has 1 N–H and O–H groups in total. The van der Waals surface area contributed by atoms with Crippen LogP contribution in [0.1, 0.15) is 31.1 Å². The summed E-state index contributed by atoms with van der Waals surface area (Å²) < 4.78 is 5.75. The second kappa shape index (κ2) is 8.73. The number of carbonyl (C=O) groups excluding carboxylic acids is 3. The number of ether oxygens (including phenoxy) is 1. The van der Waals surface area contributed by atoms with Gasteiger partial charge < -0.3 is 14.7 Å². The van der Waals surface area contributed by atoms with Gasteiger partial charge in [0.05, 0.1) is 17.2 Å². The molecule has 1 saturated heterocycles. The predicted octanol–water partition coefficient (Wildman–Crippen LogP) is 2.65. The molecule has 1 heterocycles. The summed E-state index contributed by atoms with van der Waals surface area (Å²) in [6, 6.07) is 11.1. The fraction of sp³-hybridized carbons (Fsp3) is 0.250. The number of carbonyl (C=O) groups is 3. The first-order valence-corrected chi connectivity index (χ1v) is 9.64. The molecule has 140 valence electrons. The van der Waals surface area contributed by atoms with Crippen LogP contribution in [0.5, 0.6) is 11.5 Å². The first kappa shape index (κ1) is 19.0. The fourth-order valence-electron chi connectivity index (χ4n) is 2.97. The Labute approximate surface area is 161 Å². The Hall–Kier alpha value is -2.80. The Morgan fingerprint density at radius 3 is 2.78 bits per heavy atom. The highest BCUT2D eigenvalue weighted by molar-refractivity contribution is 7.99. The maximum Gasteiger partial charge on any atom is 0.255 e. The van der Waals surface area contributed by atoms with Crippen LogP contribution in [-0.2, 0) is 0 Å². The van der Waals surface area contributed by atoms with Crippen LogP contribution in [0.3, 0.4) is 0 Å². The average molecular weight is 385 g/mol. The Bertz CT molecular complexity index is 854. The second-order valence-corrected chi connectivity index (χ2v) is 7.20. The largest absolute Gasteiger partial charge is 0.507 e. The number of phenolic OH excluding ortho intramolecular Hbond substituents is 1. The minimum atomic E-state index is -0.210. The van der Waals surface area contributed by atoms with Crippen LogP contribution >= 0.6 is 11.8 Å². The molecule has 0 bridgehead atoms. The van der Waals surface area contributed by atoms with Crippen molar-refractivity contribution in [1.29, 1.82) is 0 Å². The number of nitrogens with zero attached hydrogens (tertiary/aromatic N) is 1. The third kappa shape index (κ3) is 4.14. The molecule has 1 amide bonds. The molecule has 1 fully saturated rings. The van der Waals surface area contributed by atoms with Gasteiger partial charge in [-0.15, -0.1) is 0 Å². The maximum atomic E-state index is 13.0. The minimum absolute atomic E-state index is 0.0881. The van der Waals surface area contributed by atoms with Crippen molar-refractivity contribution in [3.8, 4) is 11.5 Å². The summed E-state index contributed by atoms with van der Waals surface area (Å²) in [6.07, 6.45) is 1.23. The van der Waals surface area contributed by atoms with Crippen LogP contribution < -0.4 is 4.74 Å². The number of hydrogen-bond acceptors (Lipinski definition) is 6. The van der Waals surface area contributed by atoms with E-state index in [9.17, 15) is 19.5 Å². The van der Waals surface area contributed by atoms with Crippen LogP contribution in [-0.4, -0.2) is 59.2 Å². The molecule has 1 atom stereocenters. The minimum Gasteiger partial charge on any atom is -0.507 e. The third-order valence-electron chi connectivity index (χ3n) is 4.40. The number of aromatic hydroxyl groups is 1. The Morgan fingerprint density at radius 2 is 2.00 bits per heavy atom. The van der Waals surface area contributed by atoms with E-state index in [2.05, 4.69) is 0 Å². The highest BCUT2D eigenvalue weighted by Crippen LogP contribution is 2.27. The molecule has 0 saturated carbocycles. The summed E-state index contributed by atoms with van der Waals surface area (Å²) in [7, 11) is 0. The molecule has 1 unspecified atom stereocenters. The lowest BCUT2D eigenvalue weighted by Gasteiger charge is -2.35. The maximum absolute atomic E-state index is 13.0. The van der Waals surface area contributed by atoms with E-state index in [0.717, 1.165) is 5.75 Å². The summed E-state index contributed by atoms with van der Waals surface area (Å²) in [4.78, 5) is 37.1. The number of hydrogen-bond donors (Lipinski definition) is 1. The Kier molecular flexibility index (Phi) is 6.13. The van der Waals surface area contributed by atoms with Gasteiger partial charge in [-0.25, -0.2) is 0 Å². The van der Waals surface area contributed by atoms with E-state index in [4.69, 9.17) is 4.74 Å². The van der Waals surface area contributed by atoms with Crippen molar-refractivity contribution < 1.29 is 24.2 Å². The smallest absolute Gasteiger partial charge is 0.255 e. The molecular formula is C20H19NO5S. The summed E-state index contributed by atoms with van der Waals surface area (Å²) in [5, 5.41) is 9.76. The summed E-state index contributed by atoms with van der Waals surface area (Å²) in [5.74, 6) is 1.41. The van der Waals surface area contributed by atoms with E-state index in [-0.39, 0.29) is 35.6 Å². The van der Waals surface area contributed by atoms with Crippen molar-refractivity contribution in [3.63, 3.8) is 0 Å². The van der Waals surface area contributed by atoms with E-state index in [0.29, 0.717) is 36.0 Å². The number of thioether (sulfide) groups is 1. The van der Waals surface area contributed by atoms with Crippen LogP contribution in [0.15, 0.2) is 42.5 Å². The highest BCUT2D eigenvalue weighted by atomic mass is 32.2.